The van der Waals surface area contributed by atoms with Crippen molar-refractivity contribution in [1.82, 2.24) is 10.2 Å². The molecule has 2 aliphatic carbocycles. The topological polar surface area (TPSA) is 95.9 Å². The van der Waals surface area contributed by atoms with Crippen molar-refractivity contribution in [2.75, 3.05) is 19.7 Å². The average molecular weight is 477 g/mol. The highest BCUT2D eigenvalue weighted by Crippen LogP contribution is 2.51. The molecule has 1 unspecified atom stereocenters. The number of benzene rings is 2. The van der Waals surface area contributed by atoms with Crippen molar-refractivity contribution in [2.24, 2.45) is 23.7 Å². The number of nitrogens with one attached hydrogen (secondary N) is 1. The summed E-state index contributed by atoms with van der Waals surface area (Å²) >= 11 is 0. The predicted molar refractivity (Wildman–Crippen MR) is 131 cm³/mol. The predicted octanol–water partition coefficient (Wildman–Crippen LogP) is 4.12. The first-order valence-electron chi connectivity index (χ1n) is 12.5. The average Bonchev–Trinajstić information content (AvgIpc) is 3.49. The summed E-state index contributed by atoms with van der Waals surface area (Å²) in [6.45, 7) is 5.24. The fourth-order valence-electron chi connectivity index (χ4n) is 5.89. The van der Waals surface area contributed by atoms with Crippen LogP contribution < -0.4 is 5.32 Å². The lowest BCUT2D eigenvalue weighted by Crippen LogP contribution is -2.45. The molecule has 7 nitrogen and oxygen atoms in total. The standard InChI is InChI=1S/C28H32N2O5/c1-16(2)24(13-25(31)30-12-11-21-22(14-30)26(21)27(32)33)29-28(34)35-15-23-19-9-5-3-7-17(19)18-8-4-6-10-20(18)23/h3-10,16,21-24,26H,11-15H2,1-2H3,(H,29,34)(H,32,33)/t21-,22+,24-,26?/m1/s1. The summed E-state index contributed by atoms with van der Waals surface area (Å²) < 4.78 is 5.67. The van der Waals surface area contributed by atoms with Gasteiger partial charge in [0, 0.05) is 31.5 Å². The molecule has 3 aliphatic rings. The summed E-state index contributed by atoms with van der Waals surface area (Å²) in [4.78, 5) is 38.8. The highest BCUT2D eigenvalue weighted by atomic mass is 16.5. The van der Waals surface area contributed by atoms with Gasteiger partial charge in [-0.25, -0.2) is 4.79 Å². The summed E-state index contributed by atoms with van der Waals surface area (Å²) in [6, 6.07) is 16.0. The van der Waals surface area contributed by atoms with Gasteiger partial charge in [-0.2, -0.15) is 0 Å². The van der Waals surface area contributed by atoms with Crippen molar-refractivity contribution in [2.45, 2.75) is 38.6 Å². The number of fused-ring (bicyclic) bond motifs is 4. The molecule has 2 N–H and O–H groups in total. The first-order valence-corrected chi connectivity index (χ1v) is 12.5. The van der Waals surface area contributed by atoms with Crippen LogP contribution in [-0.4, -0.2) is 53.7 Å². The molecule has 35 heavy (non-hydrogen) atoms. The maximum atomic E-state index is 13.0. The van der Waals surface area contributed by atoms with Gasteiger partial charge in [0.2, 0.25) is 5.91 Å². The number of alkyl carbamates (subject to hydrolysis) is 1. The molecule has 2 amide bonds. The Bertz CT molecular complexity index is 1100. The Morgan fingerprint density at radius 1 is 1.03 bits per heavy atom. The lowest BCUT2D eigenvalue weighted by molar-refractivity contribution is -0.139. The Labute approximate surface area is 205 Å². The summed E-state index contributed by atoms with van der Waals surface area (Å²) in [5, 5.41) is 12.2. The monoisotopic (exact) mass is 476 g/mol. The number of hydrogen-bond donors (Lipinski definition) is 2. The van der Waals surface area contributed by atoms with Crippen LogP contribution >= 0.6 is 0 Å². The minimum absolute atomic E-state index is 0.0192. The molecule has 2 aromatic rings. The zero-order valence-corrected chi connectivity index (χ0v) is 20.1. The molecule has 4 atom stereocenters. The van der Waals surface area contributed by atoms with Crippen LogP contribution in [0.1, 0.15) is 43.7 Å². The highest BCUT2D eigenvalue weighted by molar-refractivity contribution is 5.80. The van der Waals surface area contributed by atoms with Crippen LogP contribution in [0.3, 0.4) is 0 Å². The molecule has 2 fully saturated rings. The molecule has 2 aromatic carbocycles. The fraction of sp³-hybridized carbons (Fsp3) is 0.464. The summed E-state index contributed by atoms with van der Waals surface area (Å²) in [6.07, 6.45) is 0.390. The molecular formula is C28H32N2O5. The van der Waals surface area contributed by atoms with E-state index in [9.17, 15) is 19.5 Å². The van der Waals surface area contributed by atoms with Crippen LogP contribution in [0.25, 0.3) is 11.1 Å². The number of carboxylic acids is 1. The minimum atomic E-state index is -0.758. The van der Waals surface area contributed by atoms with Crippen molar-refractivity contribution in [3.63, 3.8) is 0 Å². The number of hydrogen-bond acceptors (Lipinski definition) is 4. The van der Waals surface area contributed by atoms with Crippen molar-refractivity contribution in [3.8, 4) is 11.1 Å². The fourth-order valence-corrected chi connectivity index (χ4v) is 5.89. The van der Waals surface area contributed by atoms with E-state index in [1.165, 1.54) is 11.1 Å². The number of amides is 2. The first-order chi connectivity index (χ1) is 16.8. The van der Waals surface area contributed by atoms with Gasteiger partial charge in [0.05, 0.1) is 5.92 Å². The highest BCUT2D eigenvalue weighted by Gasteiger charge is 2.57. The van der Waals surface area contributed by atoms with Crippen LogP contribution in [0.5, 0.6) is 0 Å². The van der Waals surface area contributed by atoms with Gasteiger partial charge < -0.3 is 20.1 Å². The number of carbonyl (C=O) groups is 3. The van der Waals surface area contributed by atoms with Crippen LogP contribution in [0.15, 0.2) is 48.5 Å². The van der Waals surface area contributed by atoms with E-state index in [0.717, 1.165) is 17.5 Å². The van der Waals surface area contributed by atoms with Crippen molar-refractivity contribution < 1.29 is 24.2 Å². The van der Waals surface area contributed by atoms with Crippen LogP contribution in [-0.2, 0) is 14.3 Å². The second kappa shape index (κ2) is 9.36. The second-order valence-electron chi connectivity index (χ2n) is 10.3. The Hall–Kier alpha value is -3.35. The Balaban J connectivity index is 1.17. The van der Waals surface area contributed by atoms with Gasteiger partial charge >= 0.3 is 12.1 Å². The largest absolute Gasteiger partial charge is 0.481 e. The van der Waals surface area contributed by atoms with E-state index in [2.05, 4.69) is 29.6 Å². The minimum Gasteiger partial charge on any atom is -0.481 e. The number of rotatable bonds is 7. The number of nitrogens with zero attached hydrogens (tertiary/aromatic N) is 1. The van der Waals surface area contributed by atoms with Gasteiger partial charge in [-0.3, -0.25) is 9.59 Å². The maximum absolute atomic E-state index is 13.0. The molecule has 1 aliphatic heterocycles. The zero-order chi connectivity index (χ0) is 24.7. The molecule has 1 saturated heterocycles. The lowest BCUT2D eigenvalue weighted by Gasteiger charge is -2.29. The molecule has 0 bridgehead atoms. The summed E-state index contributed by atoms with van der Waals surface area (Å²) in [5.41, 5.74) is 4.65. The van der Waals surface area contributed by atoms with Crippen molar-refractivity contribution in [1.29, 1.82) is 0 Å². The Morgan fingerprint density at radius 3 is 2.26 bits per heavy atom. The van der Waals surface area contributed by atoms with E-state index < -0.39 is 12.1 Å². The van der Waals surface area contributed by atoms with Gasteiger partial charge in [0.25, 0.3) is 0 Å². The van der Waals surface area contributed by atoms with E-state index in [0.29, 0.717) is 13.1 Å². The zero-order valence-electron chi connectivity index (χ0n) is 20.1. The Kier molecular flexibility index (Phi) is 6.26. The molecule has 1 saturated carbocycles. The second-order valence-corrected chi connectivity index (χ2v) is 10.3. The third-order valence-electron chi connectivity index (χ3n) is 7.98. The molecule has 1 heterocycles. The number of ether oxygens (including phenoxy) is 1. The van der Waals surface area contributed by atoms with Gasteiger partial charge in [0.1, 0.15) is 6.61 Å². The summed E-state index contributed by atoms with van der Waals surface area (Å²) in [5.74, 6) is -0.816. The van der Waals surface area contributed by atoms with E-state index in [1.54, 1.807) is 4.90 Å². The smallest absolute Gasteiger partial charge is 0.407 e. The molecule has 7 heteroatoms. The molecule has 0 spiro atoms. The van der Waals surface area contributed by atoms with Crippen molar-refractivity contribution >= 4 is 18.0 Å². The Morgan fingerprint density at radius 2 is 1.66 bits per heavy atom. The molecular weight excluding hydrogens is 444 g/mol. The van der Waals surface area contributed by atoms with Gasteiger partial charge in [-0.15, -0.1) is 0 Å². The number of carboxylic acid groups (broad SMARTS) is 1. The van der Waals surface area contributed by atoms with Crippen LogP contribution in [0, 0.1) is 23.7 Å². The van der Waals surface area contributed by atoms with E-state index in [4.69, 9.17) is 4.74 Å². The molecule has 5 rings (SSSR count). The number of aliphatic carboxylic acids is 1. The molecule has 0 aromatic heterocycles. The van der Waals surface area contributed by atoms with E-state index in [-0.39, 0.29) is 54.6 Å². The summed E-state index contributed by atoms with van der Waals surface area (Å²) in [7, 11) is 0. The molecule has 0 radical (unpaired) electrons. The lowest BCUT2D eigenvalue weighted by atomic mass is 9.98. The van der Waals surface area contributed by atoms with Crippen LogP contribution in [0.4, 0.5) is 4.79 Å². The van der Waals surface area contributed by atoms with Gasteiger partial charge in [0.15, 0.2) is 0 Å². The number of likely N-dealkylation sites (tertiary alicyclic amines) is 1. The first kappa shape index (κ1) is 23.4. The molecule has 184 valence electrons. The van der Waals surface area contributed by atoms with Crippen LogP contribution in [0.2, 0.25) is 0 Å². The van der Waals surface area contributed by atoms with E-state index in [1.807, 2.05) is 38.1 Å². The number of piperidine rings is 1. The maximum Gasteiger partial charge on any atom is 0.407 e. The van der Waals surface area contributed by atoms with Crippen molar-refractivity contribution in [3.05, 3.63) is 59.7 Å². The third-order valence-corrected chi connectivity index (χ3v) is 7.98. The normalized spacial score (nSPS) is 23.2. The van der Waals surface area contributed by atoms with Gasteiger partial charge in [-0.1, -0.05) is 62.4 Å². The SMILES string of the molecule is CC(C)[C@@H](CC(=O)N1CC[C@H]2C(C(=O)O)[C@H]2C1)NC(=O)OCC1c2ccccc2-c2ccccc21. The third kappa shape index (κ3) is 4.51. The van der Waals surface area contributed by atoms with E-state index >= 15 is 0 Å². The van der Waals surface area contributed by atoms with Gasteiger partial charge in [-0.05, 0) is 46.4 Å². The quantitative estimate of drug-likeness (QED) is 0.627. The number of carbonyl (C=O) groups excluding carboxylic acids is 2.